The molecule has 2 aromatic rings. The molecule has 0 amide bonds. The van der Waals surface area contributed by atoms with Crippen LogP contribution in [0.3, 0.4) is 0 Å². The molecule has 0 radical (unpaired) electrons. The third kappa shape index (κ3) is 6.24. The number of nitrogens with one attached hydrogen (secondary N) is 2. The summed E-state index contributed by atoms with van der Waals surface area (Å²) >= 11 is 5.83. The lowest BCUT2D eigenvalue weighted by atomic mass is 10.1. The zero-order chi connectivity index (χ0) is 24.0. The maximum Gasteiger partial charge on any atom is 0.459 e. The Labute approximate surface area is 190 Å². The first kappa shape index (κ1) is 24.5. The number of hydrogen-bond donors (Lipinski definition) is 2. The third-order valence-corrected chi connectivity index (χ3v) is 6.20. The Hall–Kier alpha value is -3.10. The summed E-state index contributed by atoms with van der Waals surface area (Å²) in [5.41, 5.74) is 6.76. The molecule has 0 spiro atoms. The number of hydrogen-bond acceptors (Lipinski definition) is 7. The lowest BCUT2D eigenvalue weighted by Crippen LogP contribution is -2.34. The molecule has 1 saturated heterocycles. The van der Waals surface area contributed by atoms with Crippen LogP contribution in [0.1, 0.15) is 12.6 Å². The second-order valence-electron chi connectivity index (χ2n) is 6.66. The van der Waals surface area contributed by atoms with Crippen molar-refractivity contribution in [3.63, 3.8) is 0 Å². The van der Waals surface area contributed by atoms with Crippen molar-refractivity contribution in [2.75, 3.05) is 13.2 Å². The van der Waals surface area contributed by atoms with Crippen LogP contribution in [0.5, 0.6) is 5.75 Å². The first-order valence-corrected chi connectivity index (χ1v) is 11.3. The summed E-state index contributed by atoms with van der Waals surface area (Å²) in [6.07, 6.45) is 3.80. The molecule has 2 N–H and O–H groups in total. The number of halogens is 2. The minimum Gasteiger partial charge on any atom is -0.413 e. The lowest BCUT2D eigenvalue weighted by molar-refractivity contribution is -0.0244. The van der Waals surface area contributed by atoms with Gasteiger partial charge in [-0.2, -0.15) is 4.39 Å². The van der Waals surface area contributed by atoms with E-state index in [1.54, 1.807) is 0 Å². The molecule has 1 fully saturated rings. The van der Waals surface area contributed by atoms with Gasteiger partial charge in [-0.25, -0.2) is 14.4 Å². The van der Waals surface area contributed by atoms with E-state index < -0.39 is 49.8 Å². The zero-order valence-electron chi connectivity index (χ0n) is 16.8. The van der Waals surface area contributed by atoms with E-state index in [9.17, 15) is 18.5 Å². The van der Waals surface area contributed by atoms with Crippen molar-refractivity contribution in [1.82, 2.24) is 14.6 Å². The molecular formula is C18H17ClFN6O6P. The van der Waals surface area contributed by atoms with E-state index in [0.717, 1.165) is 4.57 Å². The molecule has 1 unspecified atom stereocenters. The van der Waals surface area contributed by atoms with Gasteiger partial charge in [0.1, 0.15) is 12.0 Å². The van der Waals surface area contributed by atoms with E-state index in [1.165, 1.54) is 24.3 Å². The summed E-state index contributed by atoms with van der Waals surface area (Å²) in [6, 6.07) is 5.12. The van der Waals surface area contributed by atoms with Crippen molar-refractivity contribution < 1.29 is 22.7 Å². The van der Waals surface area contributed by atoms with Gasteiger partial charge in [0.25, 0.3) is 5.56 Å². The molecule has 2 heterocycles. The van der Waals surface area contributed by atoms with Crippen molar-refractivity contribution in [2.45, 2.75) is 24.8 Å². The van der Waals surface area contributed by atoms with Gasteiger partial charge in [-0.15, -0.1) is 6.42 Å². The summed E-state index contributed by atoms with van der Waals surface area (Å²) in [7, 11) is -4.01. The summed E-state index contributed by atoms with van der Waals surface area (Å²) in [6.45, 7) is -0.548. The highest BCUT2D eigenvalue weighted by Gasteiger charge is 2.39. The van der Waals surface area contributed by atoms with Gasteiger partial charge in [0.05, 0.1) is 31.5 Å². The Morgan fingerprint density at radius 3 is 2.85 bits per heavy atom. The number of benzene rings is 1. The van der Waals surface area contributed by atoms with Crippen LogP contribution in [-0.4, -0.2) is 34.8 Å². The van der Waals surface area contributed by atoms with Gasteiger partial charge >= 0.3 is 13.4 Å². The summed E-state index contributed by atoms with van der Waals surface area (Å²) in [4.78, 5) is 27.8. The van der Waals surface area contributed by atoms with Crippen LogP contribution in [0, 0.1) is 18.2 Å². The number of aromatic nitrogens is 2. The van der Waals surface area contributed by atoms with Gasteiger partial charge < -0.3 is 9.26 Å². The highest BCUT2D eigenvalue weighted by molar-refractivity contribution is 7.52. The monoisotopic (exact) mass is 498 g/mol. The summed E-state index contributed by atoms with van der Waals surface area (Å²) in [5.74, 6) is 1.24. The Morgan fingerprint density at radius 1 is 1.45 bits per heavy atom. The number of nitrogens with zero attached hydrogens (tertiary/aromatic N) is 4. The van der Waals surface area contributed by atoms with Crippen molar-refractivity contribution in [2.24, 2.45) is 5.11 Å². The molecule has 1 aromatic heterocycles. The number of azide groups is 1. The van der Waals surface area contributed by atoms with E-state index in [2.05, 4.69) is 21.0 Å². The standard InChI is InChI=1S/C18H17ClFN6O6P/c1-2-7-22-33(29,32-12-5-3-11(19)4-6-12)30-10-15-14(24-25-21)8-16(31-15)26-9-13(20)17(27)23-18(26)28/h1,3-6,9,14-16H,7-8,10H2,(H,22,29)(H,23,27,28)/t14-,15+,16+,33?/m0/s1. The van der Waals surface area contributed by atoms with Crippen LogP contribution < -0.4 is 20.9 Å². The minimum absolute atomic E-state index is 0.0381. The molecule has 0 saturated carbocycles. The summed E-state index contributed by atoms with van der Waals surface area (Å²) < 4.78 is 44.2. The number of ether oxygens (including phenoxy) is 1. The fourth-order valence-corrected chi connectivity index (χ4v) is 4.31. The zero-order valence-corrected chi connectivity index (χ0v) is 18.4. The molecule has 15 heteroatoms. The van der Waals surface area contributed by atoms with Crippen molar-refractivity contribution in [3.05, 3.63) is 72.6 Å². The molecule has 1 aliphatic heterocycles. The van der Waals surface area contributed by atoms with Crippen molar-refractivity contribution >= 4 is 19.3 Å². The Kier molecular flexibility index (Phi) is 7.94. The second-order valence-corrected chi connectivity index (χ2v) is 8.85. The van der Waals surface area contributed by atoms with E-state index >= 15 is 0 Å². The number of aromatic amines is 1. The smallest absolute Gasteiger partial charge is 0.413 e. The van der Waals surface area contributed by atoms with Crippen LogP contribution in [0.25, 0.3) is 10.4 Å². The lowest BCUT2D eigenvalue weighted by Gasteiger charge is -2.22. The van der Waals surface area contributed by atoms with Crippen LogP contribution in [0.15, 0.2) is 45.2 Å². The number of terminal acetylenes is 1. The van der Waals surface area contributed by atoms with Gasteiger partial charge in [0, 0.05) is 16.4 Å². The largest absolute Gasteiger partial charge is 0.459 e. The molecule has 12 nitrogen and oxygen atoms in total. The molecule has 174 valence electrons. The van der Waals surface area contributed by atoms with Crippen LogP contribution >= 0.6 is 19.3 Å². The quantitative estimate of drug-likeness (QED) is 0.177. The summed E-state index contributed by atoms with van der Waals surface area (Å²) in [5, 5.41) is 6.52. The first-order valence-electron chi connectivity index (χ1n) is 9.33. The van der Waals surface area contributed by atoms with E-state index in [-0.39, 0.29) is 18.7 Å². The fourth-order valence-electron chi connectivity index (χ4n) is 2.95. The van der Waals surface area contributed by atoms with E-state index in [4.69, 9.17) is 37.3 Å². The molecule has 4 atom stereocenters. The fraction of sp³-hybridized carbons (Fsp3) is 0.333. The van der Waals surface area contributed by atoms with Crippen LogP contribution in [-0.2, 0) is 13.8 Å². The normalized spacial score (nSPS) is 21.5. The predicted octanol–water partition coefficient (Wildman–Crippen LogP) is 2.72. The highest BCUT2D eigenvalue weighted by atomic mass is 35.5. The van der Waals surface area contributed by atoms with Gasteiger partial charge in [0.2, 0.25) is 5.82 Å². The first-order chi connectivity index (χ1) is 15.7. The third-order valence-electron chi connectivity index (χ3n) is 4.46. The molecule has 0 bridgehead atoms. The maximum atomic E-state index is 13.7. The Morgan fingerprint density at radius 2 is 2.18 bits per heavy atom. The molecular weight excluding hydrogens is 482 g/mol. The molecule has 1 aliphatic rings. The SMILES string of the molecule is C#CCNP(=O)(OC[C@H]1O[C@@H](n2cc(F)c(=O)[nH]c2=O)C[C@@H]1N=[N+]=[N-])Oc1ccc(Cl)cc1. The molecule has 1 aromatic carbocycles. The van der Waals surface area contributed by atoms with Crippen molar-refractivity contribution in [1.29, 1.82) is 0 Å². The Balaban J connectivity index is 1.78. The number of H-pyrrole nitrogens is 1. The van der Waals surface area contributed by atoms with Gasteiger partial charge in [-0.1, -0.05) is 22.6 Å². The van der Waals surface area contributed by atoms with Crippen molar-refractivity contribution in [3.8, 4) is 18.1 Å². The van der Waals surface area contributed by atoms with Crippen LogP contribution in [0.2, 0.25) is 5.02 Å². The topological polar surface area (TPSA) is 160 Å². The molecule has 0 aliphatic carbocycles. The predicted molar refractivity (Wildman–Crippen MR) is 115 cm³/mol. The highest BCUT2D eigenvalue weighted by Crippen LogP contribution is 2.45. The van der Waals surface area contributed by atoms with E-state index in [0.29, 0.717) is 11.2 Å². The molecule has 3 rings (SSSR count). The van der Waals surface area contributed by atoms with Gasteiger partial charge in [-0.3, -0.25) is 18.9 Å². The van der Waals surface area contributed by atoms with E-state index in [1.807, 2.05) is 4.98 Å². The minimum atomic E-state index is -4.01. The van der Waals surface area contributed by atoms with Gasteiger partial charge in [-0.05, 0) is 29.8 Å². The Bertz CT molecular complexity index is 1250. The molecule has 33 heavy (non-hydrogen) atoms. The van der Waals surface area contributed by atoms with Gasteiger partial charge in [0.15, 0.2) is 0 Å². The average molecular weight is 499 g/mol. The maximum absolute atomic E-state index is 13.7. The van der Waals surface area contributed by atoms with Crippen LogP contribution in [0.4, 0.5) is 4.39 Å². The average Bonchev–Trinajstić information content (AvgIpc) is 3.18. The number of rotatable bonds is 9. The second kappa shape index (κ2) is 10.7.